The molecule has 0 aromatic heterocycles. The normalized spacial score (nSPS) is 18.5. The lowest BCUT2D eigenvalue weighted by atomic mass is 10.0. The first-order valence-corrected chi connectivity index (χ1v) is 13.9. The molecular weight excluding hydrogens is 452 g/mol. The van der Waals surface area contributed by atoms with Gasteiger partial charge < -0.3 is 18.9 Å². The largest absolute Gasteiger partial charge is 0.493 e. The van der Waals surface area contributed by atoms with Crippen molar-refractivity contribution in [3.63, 3.8) is 0 Å². The zero-order chi connectivity index (χ0) is 25.6. The van der Waals surface area contributed by atoms with Crippen molar-refractivity contribution < 1.29 is 23.7 Å². The van der Waals surface area contributed by atoms with E-state index in [0.717, 1.165) is 30.9 Å². The minimum absolute atomic E-state index is 0.358. The molecule has 5 nitrogen and oxygen atoms in total. The number of hydrogen-bond acceptors (Lipinski definition) is 5. The fourth-order valence-corrected chi connectivity index (χ4v) is 4.36. The highest BCUT2D eigenvalue weighted by Gasteiger charge is 2.23. The second-order valence-electron chi connectivity index (χ2n) is 10.1. The molecule has 0 radical (unpaired) electrons. The molecule has 1 saturated heterocycles. The molecule has 3 rings (SSSR count). The molecule has 0 aliphatic carbocycles. The van der Waals surface area contributed by atoms with Gasteiger partial charge in [0.05, 0.1) is 25.4 Å². The first kappa shape index (κ1) is 28.2. The Bertz CT molecular complexity index is 869. The van der Waals surface area contributed by atoms with Crippen molar-refractivity contribution in [2.75, 3.05) is 19.8 Å². The monoisotopic (exact) mass is 496 g/mol. The Labute approximate surface area is 217 Å². The molecule has 1 aliphatic rings. The highest BCUT2D eigenvalue weighted by Crippen LogP contribution is 2.29. The van der Waals surface area contributed by atoms with Crippen LogP contribution in [-0.2, 0) is 9.47 Å². The number of benzene rings is 2. The van der Waals surface area contributed by atoms with E-state index in [4.69, 9.17) is 18.9 Å². The molecule has 0 spiro atoms. The summed E-state index contributed by atoms with van der Waals surface area (Å²) in [6.45, 7) is 8.78. The zero-order valence-electron chi connectivity index (χ0n) is 22.4. The van der Waals surface area contributed by atoms with Crippen LogP contribution in [0, 0.1) is 11.8 Å². The molecule has 1 heterocycles. The van der Waals surface area contributed by atoms with E-state index in [9.17, 15) is 4.79 Å². The summed E-state index contributed by atoms with van der Waals surface area (Å²) in [6, 6.07) is 14.5. The Balaban J connectivity index is 1.40. The summed E-state index contributed by atoms with van der Waals surface area (Å²) in [5.41, 5.74) is 1.43. The maximum Gasteiger partial charge on any atom is 0.343 e. The molecule has 0 bridgehead atoms. The van der Waals surface area contributed by atoms with E-state index < -0.39 is 5.97 Å². The van der Waals surface area contributed by atoms with E-state index in [1.165, 1.54) is 51.4 Å². The van der Waals surface area contributed by atoms with Gasteiger partial charge in [-0.15, -0.1) is 0 Å². The van der Waals surface area contributed by atoms with E-state index in [1.54, 1.807) is 24.3 Å². The summed E-state index contributed by atoms with van der Waals surface area (Å²) >= 11 is 0. The summed E-state index contributed by atoms with van der Waals surface area (Å²) in [5.74, 6) is 1.87. The second kappa shape index (κ2) is 15.7. The van der Waals surface area contributed by atoms with Crippen LogP contribution in [0.25, 0.3) is 0 Å². The van der Waals surface area contributed by atoms with Gasteiger partial charge in [-0.2, -0.15) is 0 Å². The van der Waals surface area contributed by atoms with E-state index in [1.807, 2.05) is 24.3 Å². The minimum atomic E-state index is -0.391. The van der Waals surface area contributed by atoms with Crippen LogP contribution in [0.1, 0.15) is 101 Å². The lowest BCUT2D eigenvalue weighted by molar-refractivity contribution is -0.206. The van der Waals surface area contributed by atoms with E-state index in [2.05, 4.69) is 20.8 Å². The summed E-state index contributed by atoms with van der Waals surface area (Å²) < 4.78 is 23.3. The van der Waals surface area contributed by atoms with Crippen molar-refractivity contribution in [1.82, 2.24) is 0 Å². The third-order valence-electron chi connectivity index (χ3n) is 6.72. The molecule has 198 valence electrons. The Hall–Kier alpha value is -2.37. The number of esters is 1. The molecule has 0 saturated carbocycles. The number of carbonyl (C=O) groups excluding carboxylic acids is 1. The van der Waals surface area contributed by atoms with Crippen molar-refractivity contribution >= 4 is 5.97 Å². The van der Waals surface area contributed by atoms with Crippen LogP contribution in [-0.4, -0.2) is 25.8 Å². The minimum Gasteiger partial charge on any atom is -0.493 e. The van der Waals surface area contributed by atoms with Gasteiger partial charge in [0.15, 0.2) is 6.29 Å². The topological polar surface area (TPSA) is 54.0 Å². The van der Waals surface area contributed by atoms with Gasteiger partial charge in [0, 0.05) is 11.5 Å². The van der Waals surface area contributed by atoms with Gasteiger partial charge >= 0.3 is 5.97 Å². The van der Waals surface area contributed by atoms with Crippen LogP contribution in [0.15, 0.2) is 48.5 Å². The molecule has 2 aromatic rings. The third kappa shape index (κ3) is 9.59. The van der Waals surface area contributed by atoms with Crippen molar-refractivity contribution in [2.24, 2.45) is 11.8 Å². The quantitative estimate of drug-likeness (QED) is 0.141. The number of ether oxygens (including phenoxy) is 4. The Morgan fingerprint density at radius 3 is 2.17 bits per heavy atom. The Morgan fingerprint density at radius 1 is 0.861 bits per heavy atom. The third-order valence-corrected chi connectivity index (χ3v) is 6.72. The second-order valence-corrected chi connectivity index (χ2v) is 10.1. The van der Waals surface area contributed by atoms with Gasteiger partial charge in [0.2, 0.25) is 0 Å². The summed E-state index contributed by atoms with van der Waals surface area (Å²) in [7, 11) is 0. The summed E-state index contributed by atoms with van der Waals surface area (Å²) in [6.07, 6.45) is 10.9. The van der Waals surface area contributed by atoms with E-state index in [0.29, 0.717) is 29.8 Å². The number of carbonyl (C=O) groups is 1. The molecule has 0 N–H and O–H groups in total. The predicted octanol–water partition coefficient (Wildman–Crippen LogP) is 8.13. The molecule has 0 amide bonds. The molecule has 1 fully saturated rings. The van der Waals surface area contributed by atoms with E-state index in [-0.39, 0.29) is 6.29 Å². The number of hydrogen-bond donors (Lipinski definition) is 0. The van der Waals surface area contributed by atoms with Crippen molar-refractivity contribution in [3.05, 3.63) is 59.7 Å². The molecule has 1 aliphatic heterocycles. The van der Waals surface area contributed by atoms with Crippen molar-refractivity contribution in [3.8, 4) is 11.5 Å². The van der Waals surface area contributed by atoms with Gasteiger partial charge in [-0.3, -0.25) is 0 Å². The summed E-state index contributed by atoms with van der Waals surface area (Å²) in [4.78, 5) is 12.6. The van der Waals surface area contributed by atoms with Crippen LogP contribution in [0.4, 0.5) is 0 Å². The average Bonchev–Trinajstić information content (AvgIpc) is 2.91. The first-order chi connectivity index (χ1) is 17.6. The SMILES string of the molecule is CCCCCCCC1COC(c2ccc(OC(=O)c3ccc(OC[C@@H](C)CCCC)cc3)cc2)OC1. The standard InChI is InChI=1S/C31H44O5/c1-4-6-8-9-10-12-25-22-34-31(35-23-25)27-15-19-29(20-16-27)36-30(32)26-13-17-28(18-14-26)33-21-24(3)11-7-5-2/h13-20,24-25,31H,4-12,21-23H2,1-3H3/t24-,25?,31?/m0/s1. The van der Waals surface area contributed by atoms with Gasteiger partial charge in [-0.05, 0) is 55.2 Å². The van der Waals surface area contributed by atoms with Crippen LogP contribution in [0.2, 0.25) is 0 Å². The fraction of sp³-hybridized carbons (Fsp3) is 0.581. The average molecular weight is 497 g/mol. The lowest BCUT2D eigenvalue weighted by Gasteiger charge is -2.29. The molecule has 2 aromatic carbocycles. The lowest BCUT2D eigenvalue weighted by Crippen LogP contribution is -2.27. The molecule has 5 heteroatoms. The highest BCUT2D eigenvalue weighted by atomic mass is 16.7. The van der Waals surface area contributed by atoms with Crippen LogP contribution >= 0.6 is 0 Å². The van der Waals surface area contributed by atoms with Crippen LogP contribution < -0.4 is 9.47 Å². The number of unbranched alkanes of at least 4 members (excludes halogenated alkanes) is 5. The Morgan fingerprint density at radius 2 is 1.50 bits per heavy atom. The van der Waals surface area contributed by atoms with Gasteiger partial charge in [-0.1, -0.05) is 77.8 Å². The maximum absolute atomic E-state index is 12.6. The van der Waals surface area contributed by atoms with Crippen molar-refractivity contribution in [1.29, 1.82) is 0 Å². The maximum atomic E-state index is 12.6. The van der Waals surface area contributed by atoms with Crippen LogP contribution in [0.3, 0.4) is 0 Å². The first-order valence-electron chi connectivity index (χ1n) is 13.9. The molecule has 36 heavy (non-hydrogen) atoms. The predicted molar refractivity (Wildman–Crippen MR) is 144 cm³/mol. The van der Waals surface area contributed by atoms with Crippen LogP contribution in [0.5, 0.6) is 11.5 Å². The number of rotatable bonds is 15. The molecule has 0 unspecified atom stereocenters. The molecular formula is C31H44O5. The highest BCUT2D eigenvalue weighted by molar-refractivity contribution is 5.91. The summed E-state index contributed by atoms with van der Waals surface area (Å²) in [5, 5.41) is 0. The Kier molecular flexibility index (Phi) is 12.3. The van der Waals surface area contributed by atoms with Gasteiger partial charge in [0.1, 0.15) is 11.5 Å². The van der Waals surface area contributed by atoms with Crippen molar-refractivity contribution in [2.45, 2.75) is 84.8 Å². The zero-order valence-corrected chi connectivity index (χ0v) is 22.4. The smallest absolute Gasteiger partial charge is 0.343 e. The fourth-order valence-electron chi connectivity index (χ4n) is 4.36. The molecule has 1 atom stereocenters. The van der Waals surface area contributed by atoms with E-state index >= 15 is 0 Å². The van der Waals surface area contributed by atoms with Gasteiger partial charge in [-0.25, -0.2) is 4.79 Å². The van der Waals surface area contributed by atoms with Gasteiger partial charge in [0.25, 0.3) is 0 Å².